The van der Waals surface area contributed by atoms with E-state index in [1.165, 1.54) is 0 Å². The Morgan fingerprint density at radius 3 is 2.83 bits per heavy atom. The predicted octanol–water partition coefficient (Wildman–Crippen LogP) is 1.30. The number of carbonyl (C=O) groups excluding carboxylic acids is 1. The zero-order chi connectivity index (χ0) is 9.14. The second kappa shape index (κ2) is 3.90. The van der Waals surface area contributed by atoms with Crippen LogP contribution >= 0.6 is 0 Å². The van der Waals surface area contributed by atoms with E-state index in [0.29, 0.717) is 24.7 Å². The van der Waals surface area contributed by atoms with Gasteiger partial charge in [-0.15, -0.1) is 0 Å². The van der Waals surface area contributed by atoms with Crippen LogP contribution < -0.4 is 0 Å². The number of cyclic esters (lactones) is 1. The van der Waals surface area contributed by atoms with Crippen molar-refractivity contribution in [1.82, 2.24) is 0 Å². The molecule has 1 fully saturated rings. The number of hydrogen-bond acceptors (Lipinski definition) is 3. The zero-order valence-electron chi connectivity index (χ0n) is 7.62. The molecule has 3 nitrogen and oxygen atoms in total. The fraction of sp³-hybridized carbons (Fsp3) is 0.889. The first-order valence-electron chi connectivity index (χ1n) is 4.45. The van der Waals surface area contributed by atoms with Crippen molar-refractivity contribution in [3.8, 4) is 0 Å². The van der Waals surface area contributed by atoms with E-state index in [-0.39, 0.29) is 5.97 Å². The standard InChI is InChI=1S/C9H16O3/c1-6(2)3-7-4-8(10)12-9(11)5-7/h6-8,10H,3-5H2,1-2H3. The highest BCUT2D eigenvalue weighted by Crippen LogP contribution is 2.25. The molecular weight excluding hydrogens is 156 g/mol. The lowest BCUT2D eigenvalue weighted by molar-refractivity contribution is -0.181. The van der Waals surface area contributed by atoms with Crippen LogP contribution in [-0.2, 0) is 9.53 Å². The topological polar surface area (TPSA) is 46.5 Å². The highest BCUT2D eigenvalue weighted by molar-refractivity contribution is 5.70. The molecule has 2 atom stereocenters. The predicted molar refractivity (Wildman–Crippen MR) is 44.3 cm³/mol. The lowest BCUT2D eigenvalue weighted by atomic mass is 9.90. The maximum Gasteiger partial charge on any atom is 0.308 e. The average molecular weight is 172 g/mol. The summed E-state index contributed by atoms with van der Waals surface area (Å²) in [4.78, 5) is 10.9. The Bertz CT molecular complexity index is 163. The molecule has 0 aromatic carbocycles. The van der Waals surface area contributed by atoms with E-state index in [9.17, 15) is 4.79 Å². The smallest absolute Gasteiger partial charge is 0.308 e. The first kappa shape index (κ1) is 9.52. The van der Waals surface area contributed by atoms with Crippen LogP contribution in [0.1, 0.15) is 33.1 Å². The maximum absolute atomic E-state index is 10.9. The van der Waals surface area contributed by atoms with Crippen LogP contribution in [0, 0.1) is 11.8 Å². The molecule has 0 aromatic rings. The molecular formula is C9H16O3. The fourth-order valence-corrected chi connectivity index (χ4v) is 1.70. The fourth-order valence-electron chi connectivity index (χ4n) is 1.70. The molecule has 3 heteroatoms. The molecule has 1 rings (SSSR count). The van der Waals surface area contributed by atoms with Gasteiger partial charge < -0.3 is 9.84 Å². The summed E-state index contributed by atoms with van der Waals surface area (Å²) in [5, 5.41) is 9.12. The minimum Gasteiger partial charge on any atom is -0.436 e. The number of carbonyl (C=O) groups is 1. The zero-order valence-corrected chi connectivity index (χ0v) is 7.62. The Balaban J connectivity index is 2.39. The molecule has 1 N–H and O–H groups in total. The number of aliphatic hydroxyl groups is 1. The molecule has 0 saturated carbocycles. The highest BCUT2D eigenvalue weighted by atomic mass is 16.6. The quantitative estimate of drug-likeness (QED) is 0.639. The number of hydrogen-bond donors (Lipinski definition) is 1. The summed E-state index contributed by atoms with van der Waals surface area (Å²) in [6.45, 7) is 4.23. The summed E-state index contributed by atoms with van der Waals surface area (Å²) in [6.07, 6.45) is 1.20. The van der Waals surface area contributed by atoms with Crippen LogP contribution in [0.3, 0.4) is 0 Å². The molecule has 12 heavy (non-hydrogen) atoms. The van der Waals surface area contributed by atoms with E-state index in [4.69, 9.17) is 5.11 Å². The SMILES string of the molecule is CC(C)CC1CC(=O)OC(O)C1. The van der Waals surface area contributed by atoms with Crippen molar-refractivity contribution in [2.24, 2.45) is 11.8 Å². The molecule has 1 heterocycles. The summed E-state index contributed by atoms with van der Waals surface area (Å²) < 4.78 is 4.61. The monoisotopic (exact) mass is 172 g/mol. The van der Waals surface area contributed by atoms with Gasteiger partial charge in [-0.2, -0.15) is 0 Å². The highest BCUT2D eigenvalue weighted by Gasteiger charge is 2.27. The maximum atomic E-state index is 10.9. The Labute approximate surface area is 72.7 Å². The Kier molecular flexibility index (Phi) is 3.09. The average Bonchev–Trinajstić information content (AvgIpc) is 1.81. The van der Waals surface area contributed by atoms with Crippen molar-refractivity contribution in [2.75, 3.05) is 0 Å². The van der Waals surface area contributed by atoms with Crippen molar-refractivity contribution in [3.05, 3.63) is 0 Å². The number of esters is 1. The lowest BCUT2D eigenvalue weighted by Crippen LogP contribution is -2.29. The van der Waals surface area contributed by atoms with E-state index in [0.717, 1.165) is 6.42 Å². The van der Waals surface area contributed by atoms with Gasteiger partial charge in [0, 0.05) is 12.8 Å². The molecule has 0 radical (unpaired) electrons. The Morgan fingerprint density at radius 1 is 1.67 bits per heavy atom. The second-order valence-corrected chi connectivity index (χ2v) is 3.88. The first-order chi connectivity index (χ1) is 5.58. The van der Waals surface area contributed by atoms with Gasteiger partial charge in [0.05, 0.1) is 0 Å². The Hall–Kier alpha value is -0.570. The van der Waals surface area contributed by atoms with Gasteiger partial charge >= 0.3 is 5.97 Å². The van der Waals surface area contributed by atoms with Gasteiger partial charge in [-0.3, -0.25) is 4.79 Å². The van der Waals surface area contributed by atoms with Crippen molar-refractivity contribution in [2.45, 2.75) is 39.4 Å². The van der Waals surface area contributed by atoms with E-state index in [1.807, 2.05) is 0 Å². The van der Waals surface area contributed by atoms with Crippen molar-refractivity contribution >= 4 is 5.97 Å². The van der Waals surface area contributed by atoms with Crippen molar-refractivity contribution < 1.29 is 14.6 Å². The lowest BCUT2D eigenvalue weighted by Gasteiger charge is -2.26. The molecule has 1 aliphatic rings. The van der Waals surface area contributed by atoms with Gasteiger partial charge in [-0.1, -0.05) is 13.8 Å². The van der Waals surface area contributed by atoms with E-state index >= 15 is 0 Å². The number of rotatable bonds is 2. The summed E-state index contributed by atoms with van der Waals surface area (Å²) in [5.41, 5.74) is 0. The van der Waals surface area contributed by atoms with Crippen LogP contribution in [0.25, 0.3) is 0 Å². The summed E-state index contributed by atoms with van der Waals surface area (Å²) >= 11 is 0. The molecule has 1 saturated heterocycles. The largest absolute Gasteiger partial charge is 0.436 e. The number of aliphatic hydroxyl groups excluding tert-OH is 1. The van der Waals surface area contributed by atoms with Gasteiger partial charge in [-0.25, -0.2) is 0 Å². The third kappa shape index (κ3) is 2.81. The van der Waals surface area contributed by atoms with Crippen LogP contribution in [0.15, 0.2) is 0 Å². The van der Waals surface area contributed by atoms with Crippen molar-refractivity contribution in [1.29, 1.82) is 0 Å². The first-order valence-corrected chi connectivity index (χ1v) is 4.45. The summed E-state index contributed by atoms with van der Waals surface area (Å²) in [7, 11) is 0. The van der Waals surface area contributed by atoms with Gasteiger partial charge in [0.15, 0.2) is 0 Å². The molecule has 0 aliphatic carbocycles. The number of ether oxygens (including phenoxy) is 1. The molecule has 2 unspecified atom stereocenters. The molecule has 1 aliphatic heterocycles. The van der Waals surface area contributed by atoms with E-state index < -0.39 is 6.29 Å². The van der Waals surface area contributed by atoms with Crippen LogP contribution in [-0.4, -0.2) is 17.4 Å². The Morgan fingerprint density at radius 2 is 2.33 bits per heavy atom. The molecule has 0 amide bonds. The van der Waals surface area contributed by atoms with E-state index in [1.54, 1.807) is 0 Å². The molecule has 70 valence electrons. The second-order valence-electron chi connectivity index (χ2n) is 3.88. The molecule has 0 aromatic heterocycles. The van der Waals surface area contributed by atoms with Crippen LogP contribution in [0.4, 0.5) is 0 Å². The van der Waals surface area contributed by atoms with Crippen LogP contribution in [0.2, 0.25) is 0 Å². The third-order valence-electron chi connectivity index (χ3n) is 2.06. The van der Waals surface area contributed by atoms with Gasteiger partial charge in [0.1, 0.15) is 0 Å². The third-order valence-corrected chi connectivity index (χ3v) is 2.06. The summed E-state index contributed by atoms with van der Waals surface area (Å²) in [5.74, 6) is 0.619. The van der Waals surface area contributed by atoms with Gasteiger partial charge in [-0.05, 0) is 18.3 Å². The minimum atomic E-state index is -0.866. The van der Waals surface area contributed by atoms with E-state index in [2.05, 4.69) is 18.6 Å². The minimum absolute atomic E-state index is 0.264. The molecule has 0 bridgehead atoms. The normalized spacial score (nSPS) is 30.5. The van der Waals surface area contributed by atoms with Gasteiger partial charge in [0.25, 0.3) is 0 Å². The summed E-state index contributed by atoms with van der Waals surface area (Å²) in [6, 6.07) is 0. The van der Waals surface area contributed by atoms with Crippen LogP contribution in [0.5, 0.6) is 0 Å². The molecule has 0 spiro atoms. The van der Waals surface area contributed by atoms with Crippen molar-refractivity contribution in [3.63, 3.8) is 0 Å². The van der Waals surface area contributed by atoms with Gasteiger partial charge in [0.2, 0.25) is 6.29 Å².